The number of ether oxygens (including phenoxy) is 2. The average molecular weight is 686 g/mol. The van der Waals surface area contributed by atoms with Gasteiger partial charge < -0.3 is 25.0 Å². The molecule has 3 aliphatic rings. The van der Waals surface area contributed by atoms with Crippen LogP contribution in [0.4, 0.5) is 10.1 Å². The fourth-order valence-electron chi connectivity index (χ4n) is 5.88. The van der Waals surface area contributed by atoms with Gasteiger partial charge >= 0.3 is 0 Å². The van der Waals surface area contributed by atoms with Crippen LogP contribution in [0, 0.1) is 11.7 Å². The predicted octanol–water partition coefficient (Wildman–Crippen LogP) is 3.17. The van der Waals surface area contributed by atoms with Crippen molar-refractivity contribution < 1.29 is 36.7 Å². The summed E-state index contributed by atoms with van der Waals surface area (Å²) in [7, 11) is -2.36. The SMILES string of the molecule is C=C[C@@H]1C[C@]1(NC(=O)[C@@H]1C[C@@H](Oc2ncc(OC)c3ccc(Cl)cc23)CN1C(=O)CNc1cccc(F)c1)C(=O)NS(=O)(=O)C1CC1. The number of hydrogen-bond donors (Lipinski definition) is 3. The highest BCUT2D eigenvalue weighted by Crippen LogP contribution is 2.45. The number of sulfonamides is 1. The van der Waals surface area contributed by atoms with E-state index in [1.807, 2.05) is 0 Å². The molecule has 1 aliphatic heterocycles. The zero-order valence-corrected chi connectivity index (χ0v) is 26.9. The highest BCUT2D eigenvalue weighted by molar-refractivity contribution is 7.91. The van der Waals surface area contributed by atoms with Gasteiger partial charge in [0.2, 0.25) is 27.7 Å². The van der Waals surface area contributed by atoms with Gasteiger partial charge in [-0.2, -0.15) is 0 Å². The fourth-order valence-corrected chi connectivity index (χ4v) is 7.42. The molecule has 2 aliphatic carbocycles. The van der Waals surface area contributed by atoms with Crippen LogP contribution >= 0.6 is 11.6 Å². The number of fused-ring (bicyclic) bond motifs is 1. The molecule has 3 amide bonds. The second kappa shape index (κ2) is 12.6. The van der Waals surface area contributed by atoms with Crippen LogP contribution in [-0.4, -0.2) is 79.2 Å². The van der Waals surface area contributed by atoms with E-state index in [0.29, 0.717) is 40.1 Å². The lowest BCUT2D eigenvalue weighted by Gasteiger charge is -2.26. The van der Waals surface area contributed by atoms with Crippen LogP contribution in [0.1, 0.15) is 25.7 Å². The first-order chi connectivity index (χ1) is 22.4. The summed E-state index contributed by atoms with van der Waals surface area (Å²) in [5, 5.41) is 6.68. The number of rotatable bonds is 12. The quantitative estimate of drug-likeness (QED) is 0.244. The molecule has 3 fully saturated rings. The van der Waals surface area contributed by atoms with Crippen molar-refractivity contribution in [3.8, 4) is 11.6 Å². The normalized spacial score (nSPS) is 23.6. The van der Waals surface area contributed by atoms with Gasteiger partial charge in [0.1, 0.15) is 29.3 Å². The molecule has 1 aromatic heterocycles. The molecule has 47 heavy (non-hydrogen) atoms. The number of carbonyl (C=O) groups is 3. The molecule has 2 aromatic carbocycles. The van der Waals surface area contributed by atoms with Gasteiger partial charge in [-0.1, -0.05) is 23.7 Å². The van der Waals surface area contributed by atoms with Gasteiger partial charge in [0, 0.05) is 33.8 Å². The van der Waals surface area contributed by atoms with E-state index in [2.05, 4.69) is 26.9 Å². The molecule has 4 atom stereocenters. The Morgan fingerprint density at radius 1 is 1.19 bits per heavy atom. The maximum absolute atomic E-state index is 13.9. The summed E-state index contributed by atoms with van der Waals surface area (Å²) >= 11 is 6.27. The maximum Gasteiger partial charge on any atom is 0.259 e. The van der Waals surface area contributed by atoms with Gasteiger partial charge in [-0.15, -0.1) is 6.58 Å². The molecule has 12 nitrogen and oxygen atoms in total. The Hall–Kier alpha value is -4.43. The van der Waals surface area contributed by atoms with Crippen molar-refractivity contribution >= 4 is 55.8 Å². The number of halogens is 2. The summed E-state index contributed by atoms with van der Waals surface area (Å²) in [6, 6.07) is 9.66. The first-order valence-corrected chi connectivity index (χ1v) is 16.9. The number of carbonyl (C=O) groups excluding carboxylic acids is 3. The molecule has 0 bridgehead atoms. The number of pyridine rings is 1. The number of benzene rings is 2. The minimum Gasteiger partial charge on any atom is -0.494 e. The Bertz CT molecular complexity index is 1870. The lowest BCUT2D eigenvalue weighted by atomic mass is 10.1. The second-order valence-corrected chi connectivity index (χ2v) is 14.3. The summed E-state index contributed by atoms with van der Waals surface area (Å²) in [5.74, 6) is -2.26. The van der Waals surface area contributed by atoms with Crippen LogP contribution in [-0.2, 0) is 24.4 Å². The Kier molecular flexibility index (Phi) is 8.74. The fraction of sp³-hybridized carbons (Fsp3) is 0.375. The molecule has 0 spiro atoms. The third-order valence-electron chi connectivity index (χ3n) is 8.68. The molecule has 3 N–H and O–H groups in total. The summed E-state index contributed by atoms with van der Waals surface area (Å²) < 4.78 is 52.6. The van der Waals surface area contributed by atoms with Crippen molar-refractivity contribution in [2.45, 2.75) is 48.6 Å². The van der Waals surface area contributed by atoms with Crippen molar-refractivity contribution in [1.29, 1.82) is 0 Å². The number of amides is 3. The van der Waals surface area contributed by atoms with Crippen molar-refractivity contribution in [3.05, 3.63) is 72.2 Å². The maximum atomic E-state index is 13.9. The first kappa shape index (κ1) is 32.5. The van der Waals surface area contributed by atoms with Crippen molar-refractivity contribution in [2.75, 3.05) is 25.5 Å². The van der Waals surface area contributed by atoms with Gasteiger partial charge in [-0.05, 0) is 55.7 Å². The molecule has 6 rings (SSSR count). The van der Waals surface area contributed by atoms with Crippen LogP contribution in [0.15, 0.2) is 61.3 Å². The van der Waals surface area contributed by atoms with E-state index in [-0.39, 0.29) is 31.8 Å². The van der Waals surface area contributed by atoms with Gasteiger partial charge in [0.05, 0.1) is 31.6 Å². The third kappa shape index (κ3) is 6.70. The van der Waals surface area contributed by atoms with Crippen LogP contribution < -0.4 is 24.8 Å². The minimum atomic E-state index is -3.88. The van der Waals surface area contributed by atoms with E-state index in [1.54, 1.807) is 24.3 Å². The average Bonchev–Trinajstić information content (AvgIpc) is 3.97. The van der Waals surface area contributed by atoms with Gasteiger partial charge in [-0.25, -0.2) is 17.8 Å². The number of nitrogens with zero attached hydrogens (tertiary/aromatic N) is 2. The van der Waals surface area contributed by atoms with E-state index in [4.69, 9.17) is 21.1 Å². The molecule has 15 heteroatoms. The van der Waals surface area contributed by atoms with Crippen molar-refractivity contribution in [3.63, 3.8) is 0 Å². The number of methoxy groups -OCH3 is 1. The molecule has 3 aromatic rings. The Labute approximate surface area is 275 Å². The van der Waals surface area contributed by atoms with E-state index < -0.39 is 62.4 Å². The lowest BCUT2D eigenvalue weighted by molar-refractivity contribution is -0.138. The summed E-state index contributed by atoms with van der Waals surface area (Å²) in [6.45, 7) is 3.45. The standard InChI is InChI=1S/C32H33ClFN5O7S/c1-3-18-14-32(18,31(42)38-47(43,44)23-8-9-23)37-29(41)26-13-22(17-39(26)28(40)16-35-21-6-4-5-20(34)12-21)46-30-25-11-19(33)7-10-24(25)27(45-2)15-36-30/h3-7,10-12,15,18,22-23,26,35H,1,8-9,13-14,16-17H2,2H3,(H,37,41)(H,38,42)/t18-,22-,26+,32-/m1/s1. The van der Waals surface area contributed by atoms with Gasteiger partial charge in [0.15, 0.2) is 0 Å². The van der Waals surface area contributed by atoms with E-state index in [9.17, 15) is 27.2 Å². The number of nitrogens with one attached hydrogen (secondary N) is 3. The Morgan fingerprint density at radius 3 is 2.66 bits per heavy atom. The molecular formula is C32H33ClFN5O7S. The monoisotopic (exact) mass is 685 g/mol. The smallest absolute Gasteiger partial charge is 0.259 e. The van der Waals surface area contributed by atoms with E-state index in [0.717, 1.165) is 0 Å². The molecule has 2 saturated carbocycles. The van der Waals surface area contributed by atoms with Crippen molar-refractivity contribution in [2.24, 2.45) is 5.92 Å². The molecule has 0 unspecified atom stereocenters. The zero-order chi connectivity index (χ0) is 33.5. The highest BCUT2D eigenvalue weighted by Gasteiger charge is 2.61. The minimum absolute atomic E-state index is 0.0162. The first-order valence-electron chi connectivity index (χ1n) is 15.0. The summed E-state index contributed by atoms with van der Waals surface area (Å²) in [4.78, 5) is 46.5. The van der Waals surface area contributed by atoms with E-state index in [1.165, 1.54) is 42.5 Å². The number of aromatic nitrogens is 1. The van der Waals surface area contributed by atoms with Gasteiger partial charge in [0.25, 0.3) is 5.91 Å². The lowest BCUT2D eigenvalue weighted by Crippen LogP contribution is -2.57. The molecule has 0 radical (unpaired) electrons. The van der Waals surface area contributed by atoms with Crippen LogP contribution in [0.3, 0.4) is 0 Å². The molecule has 1 saturated heterocycles. The Balaban J connectivity index is 1.24. The number of hydrogen-bond acceptors (Lipinski definition) is 9. The van der Waals surface area contributed by atoms with E-state index >= 15 is 0 Å². The predicted molar refractivity (Wildman–Crippen MR) is 172 cm³/mol. The zero-order valence-electron chi connectivity index (χ0n) is 25.4. The third-order valence-corrected chi connectivity index (χ3v) is 10.7. The second-order valence-electron chi connectivity index (χ2n) is 11.9. The van der Waals surface area contributed by atoms with Crippen molar-refractivity contribution in [1.82, 2.24) is 19.9 Å². The molecule has 248 valence electrons. The summed E-state index contributed by atoms with van der Waals surface area (Å²) in [6.07, 6.45) is 3.38. The molecular weight excluding hydrogens is 653 g/mol. The van der Waals surface area contributed by atoms with Crippen LogP contribution in [0.25, 0.3) is 10.8 Å². The Morgan fingerprint density at radius 2 is 1.98 bits per heavy atom. The topological polar surface area (TPSA) is 156 Å². The van der Waals surface area contributed by atoms with Crippen LogP contribution in [0.2, 0.25) is 5.02 Å². The largest absolute Gasteiger partial charge is 0.494 e. The number of anilines is 1. The highest BCUT2D eigenvalue weighted by atomic mass is 35.5. The van der Waals surface area contributed by atoms with Crippen LogP contribution in [0.5, 0.6) is 11.6 Å². The molecule has 2 heterocycles. The summed E-state index contributed by atoms with van der Waals surface area (Å²) in [5.41, 5.74) is -1.16. The van der Waals surface area contributed by atoms with Gasteiger partial charge in [-0.3, -0.25) is 19.1 Å². The number of likely N-dealkylation sites (tertiary alicyclic amines) is 1.